The molecule has 0 unspecified atom stereocenters. The Morgan fingerprint density at radius 2 is 1.75 bits per heavy atom. The summed E-state index contributed by atoms with van der Waals surface area (Å²) in [4.78, 5) is 13.7. The van der Waals surface area contributed by atoms with E-state index in [0.29, 0.717) is 0 Å². The minimum absolute atomic E-state index is 0.152. The van der Waals surface area contributed by atoms with Gasteiger partial charge in [-0.3, -0.25) is 0 Å². The molecule has 0 saturated carbocycles. The van der Waals surface area contributed by atoms with E-state index in [1.54, 1.807) is 18.2 Å². The predicted molar refractivity (Wildman–Crippen MR) is 74.9 cm³/mol. The van der Waals surface area contributed by atoms with Gasteiger partial charge in [-0.1, -0.05) is 6.07 Å². The molecule has 0 radical (unpaired) electrons. The lowest BCUT2D eigenvalue weighted by Crippen LogP contribution is -1.94. The number of anilines is 2. The number of carboxylic acids is 1. The van der Waals surface area contributed by atoms with Gasteiger partial charge in [0.1, 0.15) is 11.5 Å². The van der Waals surface area contributed by atoms with Crippen molar-refractivity contribution < 1.29 is 14.3 Å². The Bertz CT molecular complexity index is 778. The Hall–Kier alpha value is -2.82. The van der Waals surface area contributed by atoms with Gasteiger partial charge in [0, 0.05) is 22.3 Å². The summed E-state index contributed by atoms with van der Waals surface area (Å²) in [7, 11) is 0. The van der Waals surface area contributed by atoms with Crippen LogP contribution in [0.25, 0.3) is 10.9 Å². The second kappa shape index (κ2) is 4.70. The lowest BCUT2D eigenvalue weighted by molar-refractivity contribution is 0.0691. The quantitative estimate of drug-likeness (QED) is 0.679. The summed E-state index contributed by atoms with van der Waals surface area (Å²) in [6.07, 6.45) is 0. The predicted octanol–water partition coefficient (Wildman–Crippen LogP) is 3.75. The van der Waals surface area contributed by atoms with Crippen LogP contribution in [0.5, 0.6) is 0 Å². The van der Waals surface area contributed by atoms with Crippen LogP contribution >= 0.6 is 0 Å². The van der Waals surface area contributed by atoms with Crippen LogP contribution in [0.2, 0.25) is 0 Å². The largest absolute Gasteiger partial charge is 0.477 e. The lowest BCUT2D eigenvalue weighted by Gasteiger charge is -2.06. The molecule has 0 aliphatic heterocycles. The summed E-state index contributed by atoms with van der Waals surface area (Å²) in [6, 6.07) is 13.1. The average molecular weight is 270 g/mol. The number of H-pyrrole nitrogens is 1. The third-order valence-electron chi connectivity index (χ3n) is 2.99. The first-order valence-electron chi connectivity index (χ1n) is 6.00. The van der Waals surface area contributed by atoms with Gasteiger partial charge in [-0.15, -0.1) is 0 Å². The van der Waals surface area contributed by atoms with E-state index in [0.717, 1.165) is 22.3 Å². The minimum Gasteiger partial charge on any atom is -0.477 e. The van der Waals surface area contributed by atoms with E-state index in [2.05, 4.69) is 10.3 Å². The monoisotopic (exact) mass is 270 g/mol. The van der Waals surface area contributed by atoms with Gasteiger partial charge in [0.05, 0.1) is 0 Å². The van der Waals surface area contributed by atoms with Crippen LogP contribution in [0.3, 0.4) is 0 Å². The van der Waals surface area contributed by atoms with Gasteiger partial charge in [-0.2, -0.15) is 0 Å². The second-order valence-electron chi connectivity index (χ2n) is 4.42. The molecule has 1 aromatic heterocycles. The third kappa shape index (κ3) is 2.33. The number of carboxylic acid groups (broad SMARTS) is 1. The molecule has 3 aromatic rings. The molecule has 4 nitrogen and oxygen atoms in total. The third-order valence-corrected chi connectivity index (χ3v) is 2.99. The summed E-state index contributed by atoms with van der Waals surface area (Å²) in [5.41, 5.74) is 2.44. The molecule has 0 spiro atoms. The van der Waals surface area contributed by atoms with E-state index in [9.17, 15) is 9.18 Å². The SMILES string of the molecule is O=C(O)c1cc2ccc(Nc3ccc(F)cc3)cc2[nH]1. The molecular weight excluding hydrogens is 259 g/mol. The van der Waals surface area contributed by atoms with Crippen LogP contribution in [0.1, 0.15) is 10.5 Å². The molecule has 5 heteroatoms. The number of carbonyl (C=O) groups is 1. The van der Waals surface area contributed by atoms with Gasteiger partial charge in [0.2, 0.25) is 0 Å². The van der Waals surface area contributed by atoms with E-state index < -0.39 is 5.97 Å². The lowest BCUT2D eigenvalue weighted by atomic mass is 10.2. The van der Waals surface area contributed by atoms with E-state index in [1.807, 2.05) is 18.2 Å². The highest BCUT2D eigenvalue weighted by Crippen LogP contribution is 2.23. The zero-order valence-corrected chi connectivity index (χ0v) is 10.4. The number of benzene rings is 2. The summed E-state index contributed by atoms with van der Waals surface area (Å²) in [5, 5.41) is 12.9. The first-order valence-corrected chi connectivity index (χ1v) is 6.00. The highest BCUT2D eigenvalue weighted by Gasteiger charge is 2.07. The van der Waals surface area contributed by atoms with Gasteiger partial charge in [-0.05, 0) is 42.5 Å². The standard InChI is InChI=1S/C15H11FN2O2/c16-10-2-5-11(6-3-10)17-12-4-1-9-7-14(15(19)20)18-13(9)8-12/h1-8,17-18H,(H,19,20). The van der Waals surface area contributed by atoms with Crippen molar-refractivity contribution in [2.24, 2.45) is 0 Å². The summed E-state index contributed by atoms with van der Waals surface area (Å²) in [6.45, 7) is 0. The number of hydrogen-bond donors (Lipinski definition) is 3. The van der Waals surface area contributed by atoms with E-state index in [1.165, 1.54) is 12.1 Å². The maximum Gasteiger partial charge on any atom is 0.352 e. The number of nitrogens with one attached hydrogen (secondary N) is 2. The zero-order chi connectivity index (χ0) is 14.1. The van der Waals surface area contributed by atoms with Crippen molar-refractivity contribution in [1.82, 2.24) is 4.98 Å². The number of aromatic amines is 1. The van der Waals surface area contributed by atoms with Gasteiger partial charge in [0.25, 0.3) is 0 Å². The fraction of sp³-hybridized carbons (Fsp3) is 0. The molecule has 0 bridgehead atoms. The maximum atomic E-state index is 12.8. The normalized spacial score (nSPS) is 10.7. The molecule has 0 aliphatic carbocycles. The minimum atomic E-state index is -0.991. The van der Waals surface area contributed by atoms with Crippen LogP contribution in [0.15, 0.2) is 48.5 Å². The highest BCUT2D eigenvalue weighted by atomic mass is 19.1. The molecule has 0 amide bonds. The van der Waals surface area contributed by atoms with Gasteiger partial charge in [0.15, 0.2) is 0 Å². The molecule has 2 aromatic carbocycles. The van der Waals surface area contributed by atoms with Gasteiger partial charge >= 0.3 is 5.97 Å². The van der Waals surface area contributed by atoms with Crippen LogP contribution in [0, 0.1) is 5.82 Å². The highest BCUT2D eigenvalue weighted by molar-refractivity contribution is 5.94. The first kappa shape index (κ1) is 12.2. The average Bonchev–Trinajstić information content (AvgIpc) is 2.85. The fourth-order valence-corrected chi connectivity index (χ4v) is 2.02. The number of aromatic nitrogens is 1. The van der Waals surface area contributed by atoms with E-state index in [4.69, 9.17) is 5.11 Å². The van der Waals surface area contributed by atoms with Crippen LogP contribution < -0.4 is 5.32 Å². The Morgan fingerprint density at radius 3 is 2.45 bits per heavy atom. The van der Waals surface area contributed by atoms with Crippen molar-refractivity contribution in [3.05, 3.63) is 60.0 Å². The van der Waals surface area contributed by atoms with Crippen molar-refractivity contribution in [3.8, 4) is 0 Å². The molecule has 0 atom stereocenters. The smallest absolute Gasteiger partial charge is 0.352 e. The zero-order valence-electron chi connectivity index (χ0n) is 10.4. The molecular formula is C15H11FN2O2. The van der Waals surface area contributed by atoms with Crippen molar-refractivity contribution in [3.63, 3.8) is 0 Å². The van der Waals surface area contributed by atoms with Crippen molar-refractivity contribution in [2.45, 2.75) is 0 Å². The van der Waals surface area contributed by atoms with Crippen LogP contribution in [-0.4, -0.2) is 16.1 Å². The fourth-order valence-electron chi connectivity index (χ4n) is 2.02. The summed E-state index contributed by atoms with van der Waals surface area (Å²) >= 11 is 0. The molecule has 1 heterocycles. The topological polar surface area (TPSA) is 65.1 Å². The summed E-state index contributed by atoms with van der Waals surface area (Å²) in [5.74, 6) is -1.28. The van der Waals surface area contributed by atoms with Crippen molar-refractivity contribution in [1.29, 1.82) is 0 Å². The van der Waals surface area contributed by atoms with Crippen LogP contribution in [0.4, 0.5) is 15.8 Å². The van der Waals surface area contributed by atoms with E-state index >= 15 is 0 Å². The van der Waals surface area contributed by atoms with Crippen molar-refractivity contribution in [2.75, 3.05) is 5.32 Å². The van der Waals surface area contributed by atoms with Crippen molar-refractivity contribution >= 4 is 28.2 Å². The molecule has 0 saturated heterocycles. The molecule has 20 heavy (non-hydrogen) atoms. The summed E-state index contributed by atoms with van der Waals surface area (Å²) < 4.78 is 12.8. The molecule has 3 N–H and O–H groups in total. The number of halogens is 1. The Balaban J connectivity index is 1.92. The molecule has 100 valence electrons. The first-order chi connectivity index (χ1) is 9.61. The Labute approximate surface area is 113 Å². The molecule has 0 aliphatic rings. The Kier molecular flexibility index (Phi) is 2.87. The van der Waals surface area contributed by atoms with Crippen LogP contribution in [-0.2, 0) is 0 Å². The van der Waals surface area contributed by atoms with Gasteiger partial charge in [-0.25, -0.2) is 9.18 Å². The number of hydrogen-bond acceptors (Lipinski definition) is 2. The number of rotatable bonds is 3. The van der Waals surface area contributed by atoms with E-state index in [-0.39, 0.29) is 11.5 Å². The maximum absolute atomic E-state index is 12.8. The Morgan fingerprint density at radius 1 is 1.05 bits per heavy atom. The second-order valence-corrected chi connectivity index (χ2v) is 4.42. The molecule has 3 rings (SSSR count). The van der Waals surface area contributed by atoms with Gasteiger partial charge < -0.3 is 15.4 Å². The number of fused-ring (bicyclic) bond motifs is 1. The number of aromatic carboxylic acids is 1. The molecule has 0 fully saturated rings.